The largest absolute Gasteiger partial charge is 0.383 e. The van der Waals surface area contributed by atoms with Crippen LogP contribution in [0.2, 0.25) is 0 Å². The average Bonchev–Trinajstić information content (AvgIpc) is 3.25. The van der Waals surface area contributed by atoms with Crippen molar-refractivity contribution < 1.29 is 9.18 Å². The number of halogens is 1. The molecule has 1 spiro atoms. The van der Waals surface area contributed by atoms with Crippen LogP contribution in [-0.2, 0) is 11.8 Å². The van der Waals surface area contributed by atoms with Gasteiger partial charge in [0.2, 0.25) is 5.91 Å². The van der Waals surface area contributed by atoms with Gasteiger partial charge in [0.1, 0.15) is 23.6 Å². The second-order valence-electron chi connectivity index (χ2n) is 9.21. The number of anilines is 1. The molecule has 2 aliphatic rings. The minimum absolute atomic E-state index is 0.0193. The van der Waals surface area contributed by atoms with Crippen molar-refractivity contribution >= 4 is 28.3 Å². The third-order valence-corrected chi connectivity index (χ3v) is 7.43. The first kappa shape index (κ1) is 28.1. The van der Waals surface area contributed by atoms with Crippen molar-refractivity contribution in [2.24, 2.45) is 12.5 Å². The number of nitrogens with two attached hydrogens (primary N) is 1. The minimum Gasteiger partial charge on any atom is -0.383 e. The second kappa shape index (κ2) is 12.2. The first-order valence-electron chi connectivity index (χ1n) is 13.4. The number of carbonyl (C=O) groups is 1. The van der Waals surface area contributed by atoms with E-state index in [0.29, 0.717) is 5.82 Å². The summed E-state index contributed by atoms with van der Waals surface area (Å²) in [5.74, 6) is 0.127. The van der Waals surface area contributed by atoms with Crippen molar-refractivity contribution in [2.75, 3.05) is 18.8 Å². The molecule has 0 radical (unpaired) electrons. The molecule has 1 aliphatic heterocycles. The number of aromatic nitrogens is 3. The number of amides is 1. The van der Waals surface area contributed by atoms with Gasteiger partial charge in [-0.25, -0.2) is 14.4 Å². The standard InChI is InChI=1S/C26H28FN5O.2C2H6/c1-3-20(33)32-13-11-26(12-14-32)9-7-17(8-10-26)23-21(18-5-4-6-19(27)15-18)22-24(28)29-16-30-25(22)31(23)2;2*1-2/h3-7,15-16H,1,8-14H2,2H3,(H2,28,29,30);2*1-2H3. The summed E-state index contributed by atoms with van der Waals surface area (Å²) < 4.78 is 16.2. The Morgan fingerprint density at radius 1 is 1.14 bits per heavy atom. The molecule has 6 nitrogen and oxygen atoms in total. The molecular formula is C30H40FN5O. The van der Waals surface area contributed by atoms with Crippen LogP contribution in [-0.4, -0.2) is 38.4 Å². The van der Waals surface area contributed by atoms with Crippen LogP contribution < -0.4 is 5.73 Å². The zero-order valence-electron chi connectivity index (χ0n) is 22.9. The van der Waals surface area contributed by atoms with Crippen LogP contribution in [0.25, 0.3) is 27.7 Å². The van der Waals surface area contributed by atoms with E-state index in [1.54, 1.807) is 12.1 Å². The molecule has 1 aliphatic carbocycles. The Morgan fingerprint density at radius 2 is 1.84 bits per heavy atom. The SMILES string of the molecule is C=CC(=O)N1CCC2(CC=C(c3c(-c4cccc(F)c4)c4c(N)ncnc4n3C)CC2)CC1.CC.CC. The van der Waals surface area contributed by atoms with Crippen LogP contribution in [0.3, 0.4) is 0 Å². The number of allylic oxidation sites excluding steroid dienone is 2. The van der Waals surface area contributed by atoms with Crippen LogP contribution >= 0.6 is 0 Å². The Balaban J connectivity index is 0.000000907. The molecular weight excluding hydrogens is 465 g/mol. The monoisotopic (exact) mass is 505 g/mol. The van der Waals surface area contributed by atoms with Gasteiger partial charge in [0.25, 0.3) is 0 Å². The number of rotatable bonds is 3. The summed E-state index contributed by atoms with van der Waals surface area (Å²) in [7, 11) is 1.98. The van der Waals surface area contributed by atoms with Gasteiger partial charge in [-0.15, -0.1) is 0 Å². The van der Waals surface area contributed by atoms with Crippen molar-refractivity contribution in [1.29, 1.82) is 0 Å². The van der Waals surface area contributed by atoms with E-state index in [1.807, 2.05) is 45.7 Å². The maximum absolute atomic E-state index is 14.2. The van der Waals surface area contributed by atoms with Crippen molar-refractivity contribution in [3.8, 4) is 11.1 Å². The fourth-order valence-corrected chi connectivity index (χ4v) is 5.52. The summed E-state index contributed by atoms with van der Waals surface area (Å²) in [6, 6.07) is 6.62. The van der Waals surface area contributed by atoms with Gasteiger partial charge in [-0.3, -0.25) is 4.79 Å². The highest BCUT2D eigenvalue weighted by Gasteiger charge is 2.37. The first-order valence-corrected chi connectivity index (χ1v) is 13.4. The van der Waals surface area contributed by atoms with Gasteiger partial charge in [0, 0.05) is 25.7 Å². The molecule has 0 unspecified atom stereocenters. The molecule has 0 saturated carbocycles. The zero-order chi connectivity index (χ0) is 27.2. The maximum Gasteiger partial charge on any atom is 0.245 e. The molecule has 37 heavy (non-hydrogen) atoms. The molecule has 1 amide bonds. The highest BCUT2D eigenvalue weighted by atomic mass is 19.1. The Hall–Kier alpha value is -3.48. The number of aryl methyl sites for hydroxylation is 1. The molecule has 1 fully saturated rings. The van der Waals surface area contributed by atoms with Crippen molar-refractivity contribution in [3.05, 3.63) is 60.8 Å². The van der Waals surface area contributed by atoms with Gasteiger partial charge in [-0.05, 0) is 66.9 Å². The number of hydrogen-bond acceptors (Lipinski definition) is 4. The summed E-state index contributed by atoms with van der Waals surface area (Å²) in [6.07, 6.45) is 10.1. The van der Waals surface area contributed by atoms with E-state index in [9.17, 15) is 9.18 Å². The van der Waals surface area contributed by atoms with E-state index in [-0.39, 0.29) is 17.1 Å². The molecule has 5 rings (SSSR count). The molecule has 0 atom stereocenters. The fourth-order valence-electron chi connectivity index (χ4n) is 5.52. The van der Waals surface area contributed by atoms with Gasteiger partial charge in [0.15, 0.2) is 0 Å². The first-order chi connectivity index (χ1) is 17.9. The molecule has 2 N–H and O–H groups in total. The van der Waals surface area contributed by atoms with Crippen LogP contribution in [0.4, 0.5) is 10.2 Å². The lowest BCUT2D eigenvalue weighted by molar-refractivity contribution is -0.128. The topological polar surface area (TPSA) is 77.0 Å². The predicted molar refractivity (Wildman–Crippen MR) is 151 cm³/mol. The number of likely N-dealkylation sites (tertiary alicyclic amines) is 1. The zero-order valence-corrected chi connectivity index (χ0v) is 22.9. The van der Waals surface area contributed by atoms with Gasteiger partial charge < -0.3 is 15.2 Å². The highest BCUT2D eigenvalue weighted by Crippen LogP contribution is 2.48. The van der Waals surface area contributed by atoms with Gasteiger partial charge in [-0.1, -0.05) is 52.5 Å². The van der Waals surface area contributed by atoms with Gasteiger partial charge >= 0.3 is 0 Å². The molecule has 3 heterocycles. The molecule has 1 saturated heterocycles. The Bertz CT molecular complexity index is 1280. The van der Waals surface area contributed by atoms with Crippen LogP contribution in [0, 0.1) is 11.2 Å². The summed E-state index contributed by atoms with van der Waals surface area (Å²) >= 11 is 0. The minimum atomic E-state index is -0.289. The van der Waals surface area contributed by atoms with Gasteiger partial charge in [-0.2, -0.15) is 0 Å². The lowest BCUT2D eigenvalue weighted by Crippen LogP contribution is -2.43. The van der Waals surface area contributed by atoms with Crippen molar-refractivity contribution in [3.63, 3.8) is 0 Å². The predicted octanol–water partition coefficient (Wildman–Crippen LogP) is 6.77. The highest BCUT2D eigenvalue weighted by molar-refractivity contribution is 6.05. The summed E-state index contributed by atoms with van der Waals surface area (Å²) in [6.45, 7) is 13.2. The summed E-state index contributed by atoms with van der Waals surface area (Å²) in [5, 5.41) is 0.762. The molecule has 7 heteroatoms. The second-order valence-corrected chi connectivity index (χ2v) is 9.21. The Kier molecular flexibility index (Phi) is 9.24. The number of carbonyl (C=O) groups excluding carboxylic acids is 1. The van der Waals surface area contributed by atoms with Gasteiger partial charge in [0.05, 0.1) is 11.1 Å². The fraction of sp³-hybridized carbons (Fsp3) is 0.433. The summed E-state index contributed by atoms with van der Waals surface area (Å²) in [4.78, 5) is 22.6. The Labute approximate surface area is 220 Å². The van der Waals surface area contributed by atoms with Crippen molar-refractivity contribution in [1.82, 2.24) is 19.4 Å². The maximum atomic E-state index is 14.2. The molecule has 2 aromatic heterocycles. The third kappa shape index (κ3) is 5.45. The smallest absolute Gasteiger partial charge is 0.245 e. The van der Waals surface area contributed by atoms with E-state index < -0.39 is 0 Å². The average molecular weight is 506 g/mol. The third-order valence-electron chi connectivity index (χ3n) is 7.43. The van der Waals surface area contributed by atoms with E-state index in [2.05, 4.69) is 27.2 Å². The molecule has 198 valence electrons. The molecule has 0 bridgehead atoms. The number of benzene rings is 1. The summed E-state index contributed by atoms with van der Waals surface area (Å²) in [5.41, 5.74) is 11.2. The molecule has 3 aromatic rings. The van der Waals surface area contributed by atoms with Crippen LogP contribution in [0.5, 0.6) is 0 Å². The number of fused-ring (bicyclic) bond motifs is 1. The van der Waals surface area contributed by atoms with E-state index in [0.717, 1.165) is 73.0 Å². The quantitative estimate of drug-likeness (QED) is 0.399. The number of hydrogen-bond donors (Lipinski definition) is 1. The normalized spacial score (nSPS) is 16.3. The van der Waals surface area contributed by atoms with E-state index in [4.69, 9.17) is 5.73 Å². The number of nitrogen functional groups attached to an aromatic ring is 1. The van der Waals surface area contributed by atoms with Crippen LogP contribution in [0.15, 0.2) is 49.3 Å². The lowest BCUT2D eigenvalue weighted by atomic mass is 9.68. The number of nitrogens with zero attached hydrogens (tertiary/aromatic N) is 4. The van der Waals surface area contributed by atoms with Crippen molar-refractivity contribution in [2.45, 2.75) is 59.8 Å². The van der Waals surface area contributed by atoms with E-state index in [1.165, 1.54) is 24.0 Å². The Morgan fingerprint density at radius 3 is 2.43 bits per heavy atom. The van der Waals surface area contributed by atoms with Crippen LogP contribution in [0.1, 0.15) is 65.5 Å². The van der Waals surface area contributed by atoms with E-state index >= 15 is 0 Å². The number of piperidine rings is 1. The molecule has 1 aromatic carbocycles. The lowest BCUT2D eigenvalue weighted by Gasteiger charge is -2.43.